The van der Waals surface area contributed by atoms with E-state index in [4.69, 9.17) is 21.7 Å². The molecule has 8 nitrogen and oxygen atoms in total. The van der Waals surface area contributed by atoms with Gasteiger partial charge in [-0.15, -0.1) is 0 Å². The smallest absolute Gasteiger partial charge is 0.261 e. The van der Waals surface area contributed by atoms with Gasteiger partial charge in [0.1, 0.15) is 11.5 Å². The zero-order valence-electron chi connectivity index (χ0n) is 21.8. The molecule has 0 radical (unpaired) electrons. The minimum absolute atomic E-state index is 0.0667. The Kier molecular flexibility index (Phi) is 11.6. The minimum atomic E-state index is -3.80. The van der Waals surface area contributed by atoms with Gasteiger partial charge in [0.25, 0.3) is 15.9 Å². The zero-order chi connectivity index (χ0) is 28.3. The number of nitrogens with one attached hydrogen (secondary N) is 3. The van der Waals surface area contributed by atoms with Gasteiger partial charge in [0.05, 0.1) is 23.7 Å². The first-order chi connectivity index (χ1) is 18.7. The fraction of sp³-hybridized carbons (Fsp3) is 0.286. The van der Waals surface area contributed by atoms with E-state index in [1.807, 2.05) is 13.0 Å². The van der Waals surface area contributed by atoms with Crippen LogP contribution in [-0.2, 0) is 10.0 Å². The fourth-order valence-electron chi connectivity index (χ4n) is 3.57. The van der Waals surface area contributed by atoms with E-state index in [1.54, 1.807) is 48.5 Å². The molecular formula is C28H32BrN3O5S2. The Balaban J connectivity index is 1.59. The maximum Gasteiger partial charge on any atom is 0.261 e. The van der Waals surface area contributed by atoms with E-state index in [-0.39, 0.29) is 10.0 Å². The van der Waals surface area contributed by atoms with Crippen molar-refractivity contribution in [3.8, 4) is 11.5 Å². The number of hydrogen-bond acceptors (Lipinski definition) is 6. The standard InChI is InChI=1S/C28H32BrN3O5S2/c1-3-5-6-7-18-37-26-17-8-20(29)19-25(26)27(33)31-28(38)30-21-11-15-24(16-12-21)39(34,35)32-22-9-13-23(14-10-22)36-4-2/h8-17,19,32H,3-7,18H2,1-2H3,(H2,30,31,33,38). The van der Waals surface area contributed by atoms with Gasteiger partial charge in [-0.3, -0.25) is 14.8 Å². The van der Waals surface area contributed by atoms with Gasteiger partial charge in [-0.2, -0.15) is 0 Å². The first-order valence-electron chi connectivity index (χ1n) is 12.6. The molecular weight excluding hydrogens is 602 g/mol. The number of rotatable bonds is 13. The average Bonchev–Trinajstić information content (AvgIpc) is 2.90. The van der Waals surface area contributed by atoms with Crippen molar-refractivity contribution in [2.45, 2.75) is 44.4 Å². The number of amides is 1. The summed E-state index contributed by atoms with van der Waals surface area (Å²) in [6, 6.07) is 17.9. The topological polar surface area (TPSA) is 106 Å². The number of unbranched alkanes of at least 4 members (excludes halogenated alkanes) is 3. The van der Waals surface area contributed by atoms with Crippen molar-refractivity contribution < 1.29 is 22.7 Å². The van der Waals surface area contributed by atoms with Crippen LogP contribution in [0.1, 0.15) is 49.9 Å². The Labute approximate surface area is 243 Å². The monoisotopic (exact) mass is 633 g/mol. The van der Waals surface area contributed by atoms with Crippen molar-refractivity contribution in [2.24, 2.45) is 0 Å². The average molecular weight is 635 g/mol. The third-order valence-corrected chi connectivity index (χ3v) is 7.60. The van der Waals surface area contributed by atoms with Crippen LogP contribution in [0.5, 0.6) is 11.5 Å². The largest absolute Gasteiger partial charge is 0.494 e. The zero-order valence-corrected chi connectivity index (χ0v) is 25.0. The molecule has 0 atom stereocenters. The fourth-order valence-corrected chi connectivity index (χ4v) is 5.20. The van der Waals surface area contributed by atoms with E-state index < -0.39 is 15.9 Å². The molecule has 0 aliphatic heterocycles. The molecule has 208 valence electrons. The number of hydrogen-bond donors (Lipinski definition) is 3. The number of ether oxygens (including phenoxy) is 2. The van der Waals surface area contributed by atoms with Crippen LogP contribution >= 0.6 is 28.1 Å². The molecule has 0 unspecified atom stereocenters. The normalized spacial score (nSPS) is 10.9. The maximum atomic E-state index is 12.9. The van der Waals surface area contributed by atoms with Crippen LogP contribution in [0.4, 0.5) is 11.4 Å². The van der Waals surface area contributed by atoms with Gasteiger partial charge >= 0.3 is 0 Å². The summed E-state index contributed by atoms with van der Waals surface area (Å²) in [6.07, 6.45) is 4.26. The van der Waals surface area contributed by atoms with Crippen molar-refractivity contribution in [1.29, 1.82) is 0 Å². The molecule has 0 spiro atoms. The van der Waals surface area contributed by atoms with Gasteiger partial charge in [-0.05, 0) is 92.3 Å². The summed E-state index contributed by atoms with van der Waals surface area (Å²) in [5, 5.41) is 5.63. The Morgan fingerprint density at radius 3 is 2.26 bits per heavy atom. The number of sulfonamides is 1. The van der Waals surface area contributed by atoms with E-state index in [0.29, 0.717) is 41.7 Å². The number of carbonyl (C=O) groups excluding carboxylic acids is 1. The summed E-state index contributed by atoms with van der Waals surface area (Å²) in [5.41, 5.74) is 1.29. The van der Waals surface area contributed by atoms with Gasteiger partial charge in [0, 0.05) is 15.8 Å². The molecule has 3 rings (SSSR count). The first kappa shape index (κ1) is 30.4. The maximum absolute atomic E-state index is 12.9. The molecule has 0 aliphatic rings. The Bertz CT molecular complexity index is 1360. The van der Waals surface area contributed by atoms with Crippen LogP contribution in [0.3, 0.4) is 0 Å². The van der Waals surface area contributed by atoms with Crippen molar-refractivity contribution >= 4 is 60.6 Å². The number of benzene rings is 3. The highest BCUT2D eigenvalue weighted by atomic mass is 79.9. The van der Waals surface area contributed by atoms with Gasteiger partial charge in [0.2, 0.25) is 0 Å². The molecule has 3 N–H and O–H groups in total. The Morgan fingerprint density at radius 2 is 1.59 bits per heavy atom. The molecule has 3 aromatic rings. The van der Waals surface area contributed by atoms with Gasteiger partial charge < -0.3 is 14.8 Å². The predicted molar refractivity (Wildman–Crippen MR) is 162 cm³/mol. The van der Waals surface area contributed by atoms with Gasteiger partial charge in [0.15, 0.2) is 5.11 Å². The van der Waals surface area contributed by atoms with E-state index >= 15 is 0 Å². The van der Waals surface area contributed by atoms with Crippen molar-refractivity contribution in [2.75, 3.05) is 23.3 Å². The number of anilines is 2. The SMILES string of the molecule is CCCCCCOc1ccc(Br)cc1C(=O)NC(=S)Nc1ccc(S(=O)(=O)Nc2ccc(OCC)cc2)cc1. The number of halogens is 1. The van der Waals surface area contributed by atoms with Gasteiger partial charge in [-0.1, -0.05) is 42.1 Å². The molecule has 1 amide bonds. The van der Waals surface area contributed by atoms with Gasteiger partial charge in [-0.25, -0.2) is 8.42 Å². The van der Waals surface area contributed by atoms with Crippen molar-refractivity contribution in [3.05, 3.63) is 76.8 Å². The Morgan fingerprint density at radius 1 is 0.897 bits per heavy atom. The second-order valence-corrected chi connectivity index (χ2v) is 11.6. The highest BCUT2D eigenvalue weighted by Gasteiger charge is 2.17. The van der Waals surface area contributed by atoms with Crippen LogP contribution in [-0.4, -0.2) is 32.7 Å². The number of thiocarbonyl (C=S) groups is 1. The lowest BCUT2D eigenvalue weighted by Crippen LogP contribution is -2.34. The third-order valence-electron chi connectivity index (χ3n) is 5.51. The van der Waals surface area contributed by atoms with E-state index in [9.17, 15) is 13.2 Å². The molecule has 0 heterocycles. The molecule has 3 aromatic carbocycles. The highest BCUT2D eigenvalue weighted by Crippen LogP contribution is 2.24. The second kappa shape index (κ2) is 14.9. The number of carbonyl (C=O) groups is 1. The summed E-state index contributed by atoms with van der Waals surface area (Å²) < 4.78 is 40.1. The van der Waals surface area contributed by atoms with Crippen LogP contribution < -0.4 is 24.8 Å². The summed E-state index contributed by atoms with van der Waals surface area (Å²) in [7, 11) is -3.80. The molecule has 0 fully saturated rings. The summed E-state index contributed by atoms with van der Waals surface area (Å²) >= 11 is 8.71. The molecule has 11 heteroatoms. The molecule has 39 heavy (non-hydrogen) atoms. The Hall–Kier alpha value is -3.15. The molecule has 0 saturated heterocycles. The molecule has 0 aliphatic carbocycles. The minimum Gasteiger partial charge on any atom is -0.494 e. The summed E-state index contributed by atoms with van der Waals surface area (Å²) in [5.74, 6) is 0.714. The third kappa shape index (κ3) is 9.52. The van der Waals surface area contributed by atoms with Crippen LogP contribution in [0, 0.1) is 0 Å². The lowest BCUT2D eigenvalue weighted by molar-refractivity contribution is 0.0973. The lowest BCUT2D eigenvalue weighted by atomic mass is 10.2. The lowest BCUT2D eigenvalue weighted by Gasteiger charge is -2.14. The van der Waals surface area contributed by atoms with E-state index in [0.717, 1.165) is 30.2 Å². The highest BCUT2D eigenvalue weighted by molar-refractivity contribution is 9.10. The van der Waals surface area contributed by atoms with Crippen LogP contribution in [0.25, 0.3) is 0 Å². The predicted octanol–water partition coefficient (Wildman–Crippen LogP) is 6.73. The van der Waals surface area contributed by atoms with E-state index in [1.165, 1.54) is 12.1 Å². The first-order valence-corrected chi connectivity index (χ1v) is 15.3. The van der Waals surface area contributed by atoms with Crippen molar-refractivity contribution in [3.63, 3.8) is 0 Å². The van der Waals surface area contributed by atoms with Crippen LogP contribution in [0.2, 0.25) is 0 Å². The summed E-state index contributed by atoms with van der Waals surface area (Å²) in [4.78, 5) is 13.0. The van der Waals surface area contributed by atoms with E-state index in [2.05, 4.69) is 38.2 Å². The second-order valence-electron chi connectivity index (χ2n) is 8.55. The molecule has 0 bridgehead atoms. The quantitative estimate of drug-likeness (QED) is 0.141. The van der Waals surface area contributed by atoms with Crippen molar-refractivity contribution in [1.82, 2.24) is 5.32 Å². The molecule has 0 aromatic heterocycles. The molecule has 0 saturated carbocycles. The summed E-state index contributed by atoms with van der Waals surface area (Å²) in [6.45, 7) is 5.07. The van der Waals surface area contributed by atoms with Crippen LogP contribution in [0.15, 0.2) is 76.1 Å².